The molecule has 7 heteroatoms. The van der Waals surface area contributed by atoms with Gasteiger partial charge in [-0.1, -0.05) is 24.2 Å². The summed E-state index contributed by atoms with van der Waals surface area (Å²) in [5, 5.41) is 6.99. The van der Waals surface area contributed by atoms with Crippen molar-refractivity contribution in [3.63, 3.8) is 0 Å². The molecule has 2 aromatic rings. The third-order valence-corrected chi connectivity index (χ3v) is 5.22. The van der Waals surface area contributed by atoms with Gasteiger partial charge in [-0.3, -0.25) is 9.59 Å². The van der Waals surface area contributed by atoms with E-state index >= 15 is 0 Å². The molecule has 0 saturated carbocycles. The SMILES string of the molecule is CCCC(=O)NC1CCCN(C(=O)c2ccccc2OCc2c(C)noc2C)C1. The van der Waals surface area contributed by atoms with Crippen LogP contribution in [0.1, 0.15) is 60.0 Å². The second-order valence-corrected chi connectivity index (χ2v) is 7.50. The fourth-order valence-electron chi connectivity index (χ4n) is 3.60. The minimum Gasteiger partial charge on any atom is -0.488 e. The van der Waals surface area contributed by atoms with Gasteiger partial charge in [0.2, 0.25) is 5.91 Å². The molecule has 1 atom stereocenters. The molecule has 1 fully saturated rings. The van der Waals surface area contributed by atoms with Gasteiger partial charge in [0.05, 0.1) is 16.8 Å². The topological polar surface area (TPSA) is 84.7 Å². The van der Waals surface area contributed by atoms with Gasteiger partial charge in [-0.15, -0.1) is 0 Å². The van der Waals surface area contributed by atoms with Crippen LogP contribution in [0, 0.1) is 13.8 Å². The number of carbonyl (C=O) groups is 2. The summed E-state index contributed by atoms with van der Waals surface area (Å²) in [7, 11) is 0. The summed E-state index contributed by atoms with van der Waals surface area (Å²) < 4.78 is 11.1. The lowest BCUT2D eigenvalue weighted by molar-refractivity contribution is -0.122. The average molecular weight is 399 g/mol. The summed E-state index contributed by atoms with van der Waals surface area (Å²) >= 11 is 0. The van der Waals surface area contributed by atoms with E-state index < -0.39 is 0 Å². The number of piperidine rings is 1. The molecule has 1 unspecified atom stereocenters. The Bertz CT molecular complexity index is 842. The molecule has 1 aromatic heterocycles. The normalized spacial score (nSPS) is 16.5. The van der Waals surface area contributed by atoms with Crippen LogP contribution in [0.15, 0.2) is 28.8 Å². The number of amides is 2. The van der Waals surface area contributed by atoms with Gasteiger partial charge in [-0.2, -0.15) is 0 Å². The Morgan fingerprint density at radius 1 is 1.31 bits per heavy atom. The van der Waals surface area contributed by atoms with E-state index in [9.17, 15) is 9.59 Å². The van der Waals surface area contributed by atoms with Crippen LogP contribution >= 0.6 is 0 Å². The van der Waals surface area contributed by atoms with E-state index in [1.165, 1.54) is 0 Å². The second kappa shape index (κ2) is 9.58. The lowest BCUT2D eigenvalue weighted by Crippen LogP contribution is -2.49. The standard InChI is InChI=1S/C22H29N3O4/c1-4-8-21(26)23-17-9-7-12-25(13-17)22(27)18-10-5-6-11-20(18)28-14-19-15(2)24-29-16(19)3/h5-6,10-11,17H,4,7-9,12-14H2,1-3H3,(H,23,26). The third-order valence-electron chi connectivity index (χ3n) is 5.22. The van der Waals surface area contributed by atoms with Crippen molar-refractivity contribution in [2.45, 2.75) is 59.1 Å². The summed E-state index contributed by atoms with van der Waals surface area (Å²) in [6.07, 6.45) is 3.09. The molecule has 7 nitrogen and oxygen atoms in total. The molecule has 2 heterocycles. The number of para-hydroxylation sites is 1. The summed E-state index contributed by atoms with van der Waals surface area (Å²) in [5.74, 6) is 1.23. The largest absolute Gasteiger partial charge is 0.488 e. The number of nitrogens with zero attached hydrogens (tertiary/aromatic N) is 2. The molecule has 156 valence electrons. The first-order valence-electron chi connectivity index (χ1n) is 10.2. The lowest BCUT2D eigenvalue weighted by Gasteiger charge is -2.33. The van der Waals surface area contributed by atoms with E-state index in [1.807, 2.05) is 32.9 Å². The number of carbonyl (C=O) groups excluding carboxylic acids is 2. The van der Waals surface area contributed by atoms with E-state index in [1.54, 1.807) is 17.0 Å². The van der Waals surface area contributed by atoms with Gasteiger partial charge in [0, 0.05) is 25.6 Å². The Labute approximate surface area is 171 Å². The highest BCUT2D eigenvalue weighted by atomic mass is 16.5. The van der Waals surface area contributed by atoms with E-state index in [4.69, 9.17) is 9.26 Å². The second-order valence-electron chi connectivity index (χ2n) is 7.50. The molecule has 1 saturated heterocycles. The van der Waals surface area contributed by atoms with Crippen molar-refractivity contribution in [1.82, 2.24) is 15.4 Å². The first-order chi connectivity index (χ1) is 14.0. The van der Waals surface area contributed by atoms with E-state index in [0.29, 0.717) is 43.2 Å². The molecule has 0 bridgehead atoms. The number of ether oxygens (including phenoxy) is 1. The van der Waals surface area contributed by atoms with Gasteiger partial charge in [-0.25, -0.2) is 0 Å². The van der Waals surface area contributed by atoms with Crippen LogP contribution in [0.2, 0.25) is 0 Å². The van der Waals surface area contributed by atoms with Crippen LogP contribution in [-0.2, 0) is 11.4 Å². The Kier molecular flexibility index (Phi) is 6.90. The van der Waals surface area contributed by atoms with Crippen molar-refractivity contribution in [3.05, 3.63) is 46.8 Å². The third kappa shape index (κ3) is 5.16. The number of rotatable bonds is 7. The Hall–Kier alpha value is -2.83. The predicted molar refractivity (Wildman–Crippen MR) is 109 cm³/mol. The van der Waals surface area contributed by atoms with Crippen LogP contribution in [0.4, 0.5) is 0 Å². The number of likely N-dealkylation sites (tertiary alicyclic amines) is 1. The van der Waals surface area contributed by atoms with Gasteiger partial charge in [0.1, 0.15) is 18.1 Å². The van der Waals surface area contributed by atoms with Crippen LogP contribution < -0.4 is 10.1 Å². The number of benzene rings is 1. The monoisotopic (exact) mass is 399 g/mol. The number of hydrogen-bond acceptors (Lipinski definition) is 5. The van der Waals surface area contributed by atoms with Gasteiger partial charge in [0.25, 0.3) is 5.91 Å². The minimum atomic E-state index is -0.0752. The maximum atomic E-state index is 13.2. The Morgan fingerprint density at radius 2 is 2.10 bits per heavy atom. The molecule has 0 aliphatic carbocycles. The summed E-state index contributed by atoms with van der Waals surface area (Å²) in [6, 6.07) is 7.27. The van der Waals surface area contributed by atoms with Crippen molar-refractivity contribution in [3.8, 4) is 5.75 Å². The molecule has 0 radical (unpaired) electrons. The number of hydrogen-bond donors (Lipinski definition) is 1. The first-order valence-corrected chi connectivity index (χ1v) is 10.2. The summed E-state index contributed by atoms with van der Waals surface area (Å²) in [4.78, 5) is 26.9. The van der Waals surface area contributed by atoms with Crippen LogP contribution in [0.3, 0.4) is 0 Å². The molecule has 1 aliphatic rings. The highest BCUT2D eigenvalue weighted by Crippen LogP contribution is 2.24. The smallest absolute Gasteiger partial charge is 0.257 e. The Morgan fingerprint density at radius 3 is 2.83 bits per heavy atom. The lowest BCUT2D eigenvalue weighted by atomic mass is 10.0. The fourth-order valence-corrected chi connectivity index (χ4v) is 3.60. The molecular weight excluding hydrogens is 370 g/mol. The van der Waals surface area contributed by atoms with Crippen LogP contribution in [0.25, 0.3) is 0 Å². The zero-order chi connectivity index (χ0) is 20.8. The molecule has 0 spiro atoms. The van der Waals surface area contributed by atoms with Crippen LogP contribution in [0.5, 0.6) is 5.75 Å². The maximum Gasteiger partial charge on any atom is 0.257 e. The average Bonchev–Trinajstić information content (AvgIpc) is 3.04. The zero-order valence-electron chi connectivity index (χ0n) is 17.4. The van der Waals surface area contributed by atoms with E-state index in [2.05, 4.69) is 10.5 Å². The highest BCUT2D eigenvalue weighted by Gasteiger charge is 2.27. The molecule has 29 heavy (non-hydrogen) atoms. The number of nitrogens with one attached hydrogen (secondary N) is 1. The van der Waals surface area contributed by atoms with Crippen molar-refractivity contribution >= 4 is 11.8 Å². The Balaban J connectivity index is 1.68. The maximum absolute atomic E-state index is 13.2. The van der Waals surface area contributed by atoms with Gasteiger partial charge < -0.3 is 19.5 Å². The van der Waals surface area contributed by atoms with E-state index in [0.717, 1.165) is 30.5 Å². The molecule has 1 aliphatic heterocycles. The van der Waals surface area contributed by atoms with Crippen molar-refractivity contribution in [2.75, 3.05) is 13.1 Å². The van der Waals surface area contributed by atoms with Gasteiger partial charge >= 0.3 is 0 Å². The first kappa shape index (κ1) is 20.9. The van der Waals surface area contributed by atoms with Crippen molar-refractivity contribution in [1.29, 1.82) is 0 Å². The van der Waals surface area contributed by atoms with E-state index in [-0.39, 0.29) is 17.9 Å². The molecular formula is C22H29N3O4. The summed E-state index contributed by atoms with van der Waals surface area (Å²) in [5.41, 5.74) is 2.21. The van der Waals surface area contributed by atoms with Gasteiger partial charge in [-0.05, 0) is 45.2 Å². The minimum absolute atomic E-state index is 0.00198. The van der Waals surface area contributed by atoms with Crippen molar-refractivity contribution < 1.29 is 18.8 Å². The van der Waals surface area contributed by atoms with Crippen molar-refractivity contribution in [2.24, 2.45) is 0 Å². The fraction of sp³-hybridized carbons (Fsp3) is 0.500. The van der Waals surface area contributed by atoms with Crippen LogP contribution in [-0.4, -0.2) is 41.0 Å². The predicted octanol–water partition coefficient (Wildman–Crippen LogP) is 3.39. The molecule has 1 N–H and O–H groups in total. The zero-order valence-corrected chi connectivity index (χ0v) is 17.4. The summed E-state index contributed by atoms with van der Waals surface area (Å²) in [6.45, 7) is 7.18. The number of aryl methyl sites for hydroxylation is 2. The quantitative estimate of drug-likeness (QED) is 0.771. The highest BCUT2D eigenvalue weighted by molar-refractivity contribution is 5.97. The molecule has 3 rings (SSSR count). The molecule has 2 amide bonds. The van der Waals surface area contributed by atoms with Gasteiger partial charge in [0.15, 0.2) is 0 Å². The molecule has 1 aromatic carbocycles. The number of aromatic nitrogens is 1.